The van der Waals surface area contributed by atoms with E-state index in [4.69, 9.17) is 0 Å². The summed E-state index contributed by atoms with van der Waals surface area (Å²) < 4.78 is 0. The molecule has 0 N–H and O–H groups in total. The Morgan fingerprint density at radius 1 is 1.10 bits per heavy atom. The molecule has 0 saturated heterocycles. The molecule has 20 heavy (non-hydrogen) atoms. The molecule has 0 bridgehead atoms. The average molecular weight is 313 g/mol. The molecular weight excluding hydrogens is 280 g/mol. The van der Waals surface area contributed by atoms with Crippen LogP contribution in [0.2, 0.25) is 0 Å². The lowest BCUT2D eigenvalue weighted by atomic mass is 9.90. The van der Waals surface area contributed by atoms with Crippen LogP contribution in [-0.2, 0) is 0 Å². The summed E-state index contributed by atoms with van der Waals surface area (Å²) in [5.74, 6) is 1.26. The Balaban J connectivity index is 2.81. The van der Waals surface area contributed by atoms with Gasteiger partial charge in [-0.05, 0) is 34.0 Å². The molecule has 0 aromatic heterocycles. The minimum Gasteiger partial charge on any atom is -0.126 e. The van der Waals surface area contributed by atoms with E-state index >= 15 is 0 Å². The molecule has 0 spiro atoms. The van der Waals surface area contributed by atoms with E-state index in [2.05, 4.69) is 72.4 Å². The number of thioether (sulfide) groups is 2. The monoisotopic (exact) mass is 312 g/mol. The van der Waals surface area contributed by atoms with Crippen LogP contribution in [0.15, 0.2) is 22.0 Å². The zero-order chi connectivity index (χ0) is 15.4. The Hall–Kier alpha value is 0.180. The summed E-state index contributed by atoms with van der Waals surface area (Å²) in [6, 6.07) is 0. The third-order valence-electron chi connectivity index (χ3n) is 3.45. The SMILES string of the molecule is CCCCCSC1=CC(C(C)(C)C)SC(C(C)(C)C)=C1. The van der Waals surface area contributed by atoms with Crippen molar-refractivity contribution in [2.24, 2.45) is 10.8 Å². The molecular formula is C18H32S2. The molecule has 1 aliphatic rings. The van der Waals surface area contributed by atoms with Crippen molar-refractivity contribution in [3.8, 4) is 0 Å². The summed E-state index contributed by atoms with van der Waals surface area (Å²) in [5, 5.41) is 0.593. The van der Waals surface area contributed by atoms with Gasteiger partial charge in [0, 0.05) is 10.2 Å². The van der Waals surface area contributed by atoms with Crippen LogP contribution in [0.25, 0.3) is 0 Å². The summed E-state index contributed by atoms with van der Waals surface area (Å²) in [6.45, 7) is 16.3. The highest BCUT2D eigenvalue weighted by atomic mass is 32.2. The van der Waals surface area contributed by atoms with Crippen LogP contribution < -0.4 is 0 Å². The minimum atomic E-state index is 0.262. The molecule has 1 heterocycles. The molecule has 0 aromatic rings. The number of unbranched alkanes of at least 4 members (excludes halogenated alkanes) is 2. The van der Waals surface area contributed by atoms with Gasteiger partial charge < -0.3 is 0 Å². The normalized spacial score (nSPS) is 20.6. The first-order valence-corrected chi connectivity index (χ1v) is 9.74. The van der Waals surface area contributed by atoms with Gasteiger partial charge in [-0.25, -0.2) is 0 Å². The summed E-state index contributed by atoms with van der Waals surface area (Å²) in [5.41, 5.74) is 0.586. The second-order valence-electron chi connectivity index (χ2n) is 7.79. The quantitative estimate of drug-likeness (QED) is 0.507. The smallest absolute Gasteiger partial charge is 0.0333 e. The molecule has 0 saturated carbocycles. The van der Waals surface area contributed by atoms with Crippen LogP contribution in [0.4, 0.5) is 0 Å². The lowest BCUT2D eigenvalue weighted by Gasteiger charge is -2.35. The van der Waals surface area contributed by atoms with E-state index in [1.807, 2.05) is 11.8 Å². The van der Waals surface area contributed by atoms with Crippen molar-refractivity contribution in [1.82, 2.24) is 0 Å². The number of hydrogen-bond acceptors (Lipinski definition) is 2. The highest BCUT2D eigenvalue weighted by Crippen LogP contribution is 2.47. The van der Waals surface area contributed by atoms with Gasteiger partial charge in [0.05, 0.1) is 0 Å². The van der Waals surface area contributed by atoms with Crippen molar-refractivity contribution in [1.29, 1.82) is 0 Å². The first kappa shape index (κ1) is 18.2. The van der Waals surface area contributed by atoms with Gasteiger partial charge in [-0.3, -0.25) is 0 Å². The lowest BCUT2D eigenvalue weighted by molar-refractivity contribution is 0.430. The molecule has 2 heteroatoms. The first-order valence-electron chi connectivity index (χ1n) is 7.88. The van der Waals surface area contributed by atoms with Crippen LogP contribution in [0, 0.1) is 10.8 Å². The molecule has 0 radical (unpaired) electrons. The van der Waals surface area contributed by atoms with Gasteiger partial charge >= 0.3 is 0 Å². The Morgan fingerprint density at radius 2 is 1.75 bits per heavy atom. The van der Waals surface area contributed by atoms with E-state index in [1.165, 1.54) is 34.8 Å². The molecule has 1 atom stereocenters. The van der Waals surface area contributed by atoms with E-state index in [0.717, 1.165) is 0 Å². The number of rotatable bonds is 5. The summed E-state index contributed by atoms with van der Waals surface area (Å²) >= 11 is 4.11. The Labute approximate surface area is 135 Å². The third-order valence-corrected chi connectivity index (χ3v) is 6.61. The Morgan fingerprint density at radius 3 is 2.25 bits per heavy atom. The predicted octanol–water partition coefficient (Wildman–Crippen LogP) is 6.89. The van der Waals surface area contributed by atoms with Gasteiger partial charge in [0.15, 0.2) is 0 Å². The summed E-state index contributed by atoms with van der Waals surface area (Å²) in [6.07, 6.45) is 8.93. The van der Waals surface area contributed by atoms with Crippen LogP contribution in [0.5, 0.6) is 0 Å². The molecule has 1 aliphatic heterocycles. The average Bonchev–Trinajstić information content (AvgIpc) is 2.32. The van der Waals surface area contributed by atoms with Crippen molar-refractivity contribution >= 4 is 23.5 Å². The topological polar surface area (TPSA) is 0 Å². The first-order chi connectivity index (χ1) is 9.14. The molecule has 0 aliphatic carbocycles. The highest BCUT2D eigenvalue weighted by Gasteiger charge is 2.31. The van der Waals surface area contributed by atoms with Gasteiger partial charge in [0.2, 0.25) is 0 Å². The summed E-state index contributed by atoms with van der Waals surface area (Å²) in [4.78, 5) is 3.03. The van der Waals surface area contributed by atoms with Gasteiger partial charge in [0.1, 0.15) is 0 Å². The third kappa shape index (κ3) is 5.89. The van der Waals surface area contributed by atoms with Gasteiger partial charge in [-0.1, -0.05) is 67.4 Å². The number of allylic oxidation sites excluding steroid dienone is 2. The van der Waals surface area contributed by atoms with Crippen LogP contribution in [-0.4, -0.2) is 11.0 Å². The van der Waals surface area contributed by atoms with Crippen molar-refractivity contribution in [2.75, 3.05) is 5.75 Å². The Kier molecular flexibility index (Phi) is 6.79. The van der Waals surface area contributed by atoms with E-state index in [0.29, 0.717) is 10.7 Å². The van der Waals surface area contributed by atoms with Crippen LogP contribution in [0.3, 0.4) is 0 Å². The molecule has 0 nitrogen and oxygen atoms in total. The molecule has 116 valence electrons. The fraction of sp³-hybridized carbons (Fsp3) is 0.778. The Bertz CT molecular complexity index is 364. The maximum Gasteiger partial charge on any atom is 0.0333 e. The molecule has 0 fully saturated rings. The van der Waals surface area contributed by atoms with E-state index in [1.54, 1.807) is 0 Å². The minimum absolute atomic E-state index is 0.262. The second-order valence-corrected chi connectivity index (χ2v) is 10.1. The van der Waals surface area contributed by atoms with Gasteiger partial charge in [0.25, 0.3) is 0 Å². The van der Waals surface area contributed by atoms with Crippen molar-refractivity contribution in [2.45, 2.75) is 73.0 Å². The molecule has 1 unspecified atom stereocenters. The largest absolute Gasteiger partial charge is 0.126 e. The standard InChI is InChI=1S/C18H32S2/c1-8-9-10-11-19-14-12-15(17(2,3)4)20-16(13-14)18(5,6)7/h12-13,15H,8-11H2,1-7H3. The van der Waals surface area contributed by atoms with Gasteiger partial charge in [-0.15, -0.1) is 23.5 Å². The molecule has 1 rings (SSSR count). The fourth-order valence-electron chi connectivity index (χ4n) is 1.98. The highest BCUT2D eigenvalue weighted by molar-refractivity contribution is 8.05. The predicted molar refractivity (Wildman–Crippen MR) is 98.4 cm³/mol. The van der Waals surface area contributed by atoms with Crippen molar-refractivity contribution < 1.29 is 0 Å². The summed E-state index contributed by atoms with van der Waals surface area (Å²) in [7, 11) is 0. The van der Waals surface area contributed by atoms with Crippen molar-refractivity contribution in [3.05, 3.63) is 22.0 Å². The van der Waals surface area contributed by atoms with E-state index in [-0.39, 0.29) is 5.41 Å². The maximum atomic E-state index is 2.50. The lowest BCUT2D eigenvalue weighted by Crippen LogP contribution is -2.25. The second kappa shape index (κ2) is 7.45. The zero-order valence-electron chi connectivity index (χ0n) is 14.4. The fourth-order valence-corrected chi connectivity index (χ4v) is 4.55. The zero-order valence-corrected chi connectivity index (χ0v) is 16.0. The molecule has 0 aromatic carbocycles. The van der Waals surface area contributed by atoms with Crippen molar-refractivity contribution in [3.63, 3.8) is 0 Å². The van der Waals surface area contributed by atoms with E-state index in [9.17, 15) is 0 Å². The van der Waals surface area contributed by atoms with Crippen LogP contribution in [0.1, 0.15) is 67.7 Å². The number of hydrogen-bond donors (Lipinski definition) is 0. The maximum absolute atomic E-state index is 2.50. The van der Waals surface area contributed by atoms with Gasteiger partial charge in [-0.2, -0.15) is 0 Å². The van der Waals surface area contributed by atoms with Crippen LogP contribution >= 0.6 is 23.5 Å². The molecule has 0 amide bonds. The van der Waals surface area contributed by atoms with E-state index < -0.39 is 0 Å².